The van der Waals surface area contributed by atoms with E-state index in [0.717, 1.165) is 19.3 Å². The number of aliphatic imine (C=N–C) groups is 1. The highest BCUT2D eigenvalue weighted by Gasteiger charge is 2.51. The Kier molecular flexibility index (Phi) is 1.78. The molecular formula is C9H15N3O. The molecule has 2 rings (SSSR count). The molecule has 2 fully saturated rings. The molecule has 2 unspecified atom stereocenters. The van der Waals surface area contributed by atoms with E-state index in [9.17, 15) is 4.79 Å². The summed E-state index contributed by atoms with van der Waals surface area (Å²) in [4.78, 5) is 15.7. The quantitative estimate of drug-likeness (QED) is 0.563. The highest BCUT2D eigenvalue weighted by atomic mass is 16.2. The van der Waals surface area contributed by atoms with Crippen LogP contribution >= 0.6 is 0 Å². The second kappa shape index (κ2) is 2.72. The van der Waals surface area contributed by atoms with Gasteiger partial charge in [0.05, 0.1) is 0 Å². The molecule has 0 bridgehead atoms. The van der Waals surface area contributed by atoms with Gasteiger partial charge in [-0.3, -0.25) is 15.1 Å². The average Bonchev–Trinajstić information content (AvgIpc) is 2.62. The number of hydrogen-bond acceptors (Lipinski definition) is 2. The zero-order valence-electron chi connectivity index (χ0n) is 8.05. The van der Waals surface area contributed by atoms with Gasteiger partial charge in [0.25, 0.3) is 5.91 Å². The number of nitrogens with zero attached hydrogens (tertiary/aromatic N) is 1. The lowest BCUT2D eigenvalue weighted by Crippen LogP contribution is -2.48. The number of nitrogens with one attached hydrogen (secondary N) is 2. The van der Waals surface area contributed by atoms with Crippen molar-refractivity contribution in [3.63, 3.8) is 0 Å². The molecule has 1 aliphatic carbocycles. The smallest absolute Gasteiger partial charge is 0.252 e. The Bertz CT molecular complexity index is 274. The summed E-state index contributed by atoms with van der Waals surface area (Å²) in [6.07, 6.45) is 3.18. The minimum atomic E-state index is -0.352. The van der Waals surface area contributed by atoms with Crippen LogP contribution in [0.3, 0.4) is 0 Å². The zero-order valence-corrected chi connectivity index (χ0v) is 8.05. The van der Waals surface area contributed by atoms with Gasteiger partial charge in [-0.2, -0.15) is 0 Å². The number of rotatable bonds is 0. The molecule has 1 spiro atoms. The van der Waals surface area contributed by atoms with Crippen molar-refractivity contribution in [3.05, 3.63) is 0 Å². The lowest BCUT2D eigenvalue weighted by Gasteiger charge is -2.25. The van der Waals surface area contributed by atoms with Crippen LogP contribution in [0, 0.1) is 5.92 Å². The van der Waals surface area contributed by atoms with Crippen LogP contribution in [0.2, 0.25) is 0 Å². The largest absolute Gasteiger partial charge is 0.341 e. The Hall–Kier alpha value is -1.06. The van der Waals surface area contributed by atoms with Gasteiger partial charge in [0.2, 0.25) is 0 Å². The third-order valence-electron chi connectivity index (χ3n) is 3.25. The normalized spacial score (nSPS) is 41.2. The molecule has 0 aromatic heterocycles. The first-order valence-corrected chi connectivity index (χ1v) is 4.75. The molecule has 1 saturated carbocycles. The van der Waals surface area contributed by atoms with Gasteiger partial charge in [0.15, 0.2) is 5.96 Å². The Morgan fingerprint density at radius 1 is 1.62 bits per heavy atom. The Balaban J connectivity index is 2.29. The fraction of sp³-hybridized carbons (Fsp3) is 0.778. The molecule has 2 aliphatic rings. The molecule has 1 saturated heterocycles. The molecule has 0 aromatic rings. The van der Waals surface area contributed by atoms with Crippen molar-refractivity contribution in [2.45, 2.75) is 31.7 Å². The van der Waals surface area contributed by atoms with E-state index in [1.54, 1.807) is 7.05 Å². The third-order valence-corrected chi connectivity index (χ3v) is 3.25. The average molecular weight is 181 g/mol. The predicted octanol–water partition coefficient (Wildman–Crippen LogP) is 0.250. The van der Waals surface area contributed by atoms with Crippen molar-refractivity contribution < 1.29 is 4.79 Å². The van der Waals surface area contributed by atoms with Gasteiger partial charge in [0.1, 0.15) is 5.54 Å². The van der Waals surface area contributed by atoms with E-state index in [4.69, 9.17) is 0 Å². The van der Waals surface area contributed by atoms with Crippen LogP contribution in [0.4, 0.5) is 0 Å². The summed E-state index contributed by atoms with van der Waals surface area (Å²) in [5.41, 5.74) is -0.352. The molecule has 1 aliphatic heterocycles. The number of amides is 1. The van der Waals surface area contributed by atoms with Gasteiger partial charge in [-0.25, -0.2) is 0 Å². The fourth-order valence-corrected chi connectivity index (χ4v) is 2.33. The van der Waals surface area contributed by atoms with Gasteiger partial charge in [-0.1, -0.05) is 13.3 Å². The minimum Gasteiger partial charge on any atom is -0.341 e. The molecule has 1 heterocycles. The molecule has 2 atom stereocenters. The summed E-state index contributed by atoms with van der Waals surface area (Å²) in [6, 6.07) is 0. The van der Waals surface area contributed by atoms with Crippen LogP contribution in [0.25, 0.3) is 0 Å². The Morgan fingerprint density at radius 3 is 2.85 bits per heavy atom. The molecule has 1 amide bonds. The lowest BCUT2D eigenvalue weighted by atomic mass is 9.89. The number of guanidine groups is 1. The van der Waals surface area contributed by atoms with E-state index in [-0.39, 0.29) is 11.4 Å². The monoisotopic (exact) mass is 181 g/mol. The molecule has 2 N–H and O–H groups in total. The highest BCUT2D eigenvalue weighted by molar-refractivity contribution is 6.09. The topological polar surface area (TPSA) is 53.5 Å². The minimum absolute atomic E-state index is 0.0955. The van der Waals surface area contributed by atoms with E-state index < -0.39 is 0 Å². The van der Waals surface area contributed by atoms with Crippen molar-refractivity contribution in [1.29, 1.82) is 0 Å². The molecule has 0 radical (unpaired) electrons. The third kappa shape index (κ3) is 1.04. The first-order valence-electron chi connectivity index (χ1n) is 4.75. The lowest BCUT2D eigenvalue weighted by molar-refractivity contribution is -0.124. The van der Waals surface area contributed by atoms with E-state index in [2.05, 4.69) is 22.5 Å². The van der Waals surface area contributed by atoms with Crippen LogP contribution in [0.5, 0.6) is 0 Å². The van der Waals surface area contributed by atoms with Crippen molar-refractivity contribution in [2.24, 2.45) is 10.9 Å². The molecule has 4 nitrogen and oxygen atoms in total. The number of carbonyl (C=O) groups excluding carboxylic acids is 1. The van der Waals surface area contributed by atoms with E-state index in [1.165, 1.54) is 0 Å². The maximum Gasteiger partial charge on any atom is 0.252 e. The van der Waals surface area contributed by atoms with Gasteiger partial charge in [-0.15, -0.1) is 0 Å². The summed E-state index contributed by atoms with van der Waals surface area (Å²) < 4.78 is 0. The second-order valence-corrected chi connectivity index (χ2v) is 3.92. The van der Waals surface area contributed by atoms with E-state index >= 15 is 0 Å². The van der Waals surface area contributed by atoms with E-state index in [1.807, 2.05) is 0 Å². The Morgan fingerprint density at radius 2 is 2.38 bits per heavy atom. The van der Waals surface area contributed by atoms with Crippen molar-refractivity contribution >= 4 is 11.9 Å². The van der Waals surface area contributed by atoms with Crippen LogP contribution in [0.15, 0.2) is 4.99 Å². The molecule has 0 aromatic carbocycles. The zero-order chi connectivity index (χ0) is 9.47. The fourth-order valence-electron chi connectivity index (χ4n) is 2.33. The predicted molar refractivity (Wildman–Crippen MR) is 50.4 cm³/mol. The van der Waals surface area contributed by atoms with Crippen molar-refractivity contribution in [2.75, 3.05) is 7.05 Å². The highest BCUT2D eigenvalue weighted by Crippen LogP contribution is 2.37. The molecule has 72 valence electrons. The number of hydrogen-bond donors (Lipinski definition) is 2. The molecule has 4 heteroatoms. The summed E-state index contributed by atoms with van der Waals surface area (Å²) in [6.45, 7) is 2.12. The molecular weight excluding hydrogens is 166 g/mol. The van der Waals surface area contributed by atoms with Crippen LogP contribution in [0.1, 0.15) is 26.2 Å². The first-order chi connectivity index (χ1) is 6.19. The van der Waals surface area contributed by atoms with Gasteiger partial charge >= 0.3 is 0 Å². The summed E-state index contributed by atoms with van der Waals surface area (Å²) >= 11 is 0. The maximum atomic E-state index is 11.7. The van der Waals surface area contributed by atoms with Gasteiger partial charge in [-0.05, 0) is 18.8 Å². The second-order valence-electron chi connectivity index (χ2n) is 3.92. The maximum absolute atomic E-state index is 11.7. The van der Waals surface area contributed by atoms with E-state index in [0.29, 0.717) is 11.9 Å². The van der Waals surface area contributed by atoms with Crippen molar-refractivity contribution in [1.82, 2.24) is 10.6 Å². The summed E-state index contributed by atoms with van der Waals surface area (Å²) in [5, 5.41) is 5.97. The SMILES string of the molecule is CN=C1NC(=O)C2(CCCC2C)N1. The van der Waals surface area contributed by atoms with Crippen LogP contribution in [-0.4, -0.2) is 24.5 Å². The Labute approximate surface area is 77.8 Å². The van der Waals surface area contributed by atoms with Gasteiger partial charge in [0, 0.05) is 7.05 Å². The van der Waals surface area contributed by atoms with Gasteiger partial charge < -0.3 is 5.32 Å². The van der Waals surface area contributed by atoms with Crippen LogP contribution in [-0.2, 0) is 4.79 Å². The standard InChI is InChI=1S/C9H15N3O/c1-6-4-3-5-9(6)7(13)11-8(10-2)12-9/h6H,3-5H2,1-2H3,(H2,10,11,12,13). The first kappa shape index (κ1) is 8.53. The summed E-state index contributed by atoms with van der Waals surface area (Å²) in [5.74, 6) is 1.13. The number of carbonyl (C=O) groups is 1. The molecule has 13 heavy (non-hydrogen) atoms. The van der Waals surface area contributed by atoms with Crippen molar-refractivity contribution in [3.8, 4) is 0 Å². The van der Waals surface area contributed by atoms with Crippen LogP contribution < -0.4 is 10.6 Å². The summed E-state index contributed by atoms with van der Waals surface area (Å²) in [7, 11) is 1.68.